The van der Waals surface area contributed by atoms with E-state index in [9.17, 15) is 0 Å². The standard InChI is InChI=1S/C19H22N4S.ClH/c1-24-19-17-9-8-16(22-12-5-10-20-11-13-22)14-18(17)23(21-19)15-6-3-2-4-7-15;/h2-4,6-9,14,20H,5,10-13H2,1H3;1H. The average molecular weight is 375 g/mol. The van der Waals surface area contributed by atoms with E-state index in [2.05, 4.69) is 63.6 Å². The van der Waals surface area contributed by atoms with E-state index in [0.29, 0.717) is 0 Å². The van der Waals surface area contributed by atoms with Crippen molar-refractivity contribution in [3.63, 3.8) is 0 Å². The third-order valence-corrected chi connectivity index (χ3v) is 5.22. The molecule has 4 rings (SSSR count). The quantitative estimate of drug-likeness (QED) is 0.703. The molecule has 1 aliphatic rings. The summed E-state index contributed by atoms with van der Waals surface area (Å²) in [6.07, 6.45) is 3.28. The number of hydrogen-bond acceptors (Lipinski definition) is 4. The first-order valence-corrected chi connectivity index (χ1v) is 9.67. The lowest BCUT2D eigenvalue weighted by molar-refractivity contribution is 0.724. The van der Waals surface area contributed by atoms with Crippen LogP contribution in [0.25, 0.3) is 16.6 Å². The Bertz CT molecular complexity index is 826. The molecule has 25 heavy (non-hydrogen) atoms. The zero-order valence-electron chi connectivity index (χ0n) is 14.3. The minimum atomic E-state index is 0. The van der Waals surface area contributed by atoms with Gasteiger partial charge in [-0.1, -0.05) is 18.2 Å². The Kier molecular flexibility index (Phi) is 5.89. The highest BCUT2D eigenvalue weighted by atomic mass is 35.5. The van der Waals surface area contributed by atoms with Gasteiger partial charge in [0.1, 0.15) is 5.03 Å². The summed E-state index contributed by atoms with van der Waals surface area (Å²) in [5, 5.41) is 10.6. The van der Waals surface area contributed by atoms with Gasteiger partial charge in [-0.3, -0.25) is 0 Å². The molecule has 6 heteroatoms. The number of anilines is 1. The Hall–Kier alpha value is -1.69. The molecule has 4 nitrogen and oxygen atoms in total. The van der Waals surface area contributed by atoms with Gasteiger partial charge in [-0.2, -0.15) is 5.10 Å². The zero-order valence-corrected chi connectivity index (χ0v) is 15.9. The van der Waals surface area contributed by atoms with Gasteiger partial charge < -0.3 is 10.2 Å². The summed E-state index contributed by atoms with van der Waals surface area (Å²) in [5.41, 5.74) is 3.58. The Balaban J connectivity index is 0.00000182. The lowest BCUT2D eigenvalue weighted by Gasteiger charge is -2.22. The summed E-state index contributed by atoms with van der Waals surface area (Å²) >= 11 is 1.70. The van der Waals surface area contributed by atoms with Crippen molar-refractivity contribution in [2.45, 2.75) is 11.4 Å². The van der Waals surface area contributed by atoms with Gasteiger partial charge in [0.25, 0.3) is 0 Å². The van der Waals surface area contributed by atoms with Gasteiger partial charge in [0.2, 0.25) is 0 Å². The van der Waals surface area contributed by atoms with Crippen molar-refractivity contribution in [1.82, 2.24) is 15.1 Å². The molecular weight excluding hydrogens is 352 g/mol. The third-order valence-electron chi connectivity index (χ3n) is 4.53. The minimum absolute atomic E-state index is 0. The third kappa shape index (κ3) is 3.64. The van der Waals surface area contributed by atoms with Gasteiger partial charge in [-0.05, 0) is 49.6 Å². The highest BCUT2D eigenvalue weighted by Gasteiger charge is 2.15. The van der Waals surface area contributed by atoms with Gasteiger partial charge in [0, 0.05) is 30.7 Å². The van der Waals surface area contributed by atoms with Crippen LogP contribution in [-0.4, -0.2) is 42.2 Å². The summed E-state index contributed by atoms with van der Waals surface area (Å²) in [7, 11) is 0. The molecule has 0 aliphatic carbocycles. The number of para-hydroxylation sites is 1. The first-order chi connectivity index (χ1) is 11.9. The molecule has 0 radical (unpaired) electrons. The number of thioether (sulfide) groups is 1. The van der Waals surface area contributed by atoms with Crippen LogP contribution in [0.5, 0.6) is 0 Å². The van der Waals surface area contributed by atoms with Crippen molar-refractivity contribution < 1.29 is 0 Å². The molecule has 1 aromatic heterocycles. The molecule has 1 aliphatic heterocycles. The number of hydrogen-bond donors (Lipinski definition) is 1. The van der Waals surface area contributed by atoms with Gasteiger partial charge in [0.05, 0.1) is 11.2 Å². The molecule has 1 fully saturated rings. The molecule has 1 saturated heterocycles. The van der Waals surface area contributed by atoms with Gasteiger partial charge in [-0.15, -0.1) is 24.2 Å². The highest BCUT2D eigenvalue weighted by Crippen LogP contribution is 2.31. The minimum Gasteiger partial charge on any atom is -0.370 e. The molecule has 2 aromatic carbocycles. The molecule has 3 aromatic rings. The van der Waals surface area contributed by atoms with Crippen molar-refractivity contribution >= 4 is 40.8 Å². The van der Waals surface area contributed by atoms with Crippen LogP contribution in [0.3, 0.4) is 0 Å². The van der Waals surface area contributed by atoms with Crippen LogP contribution in [0.4, 0.5) is 5.69 Å². The monoisotopic (exact) mass is 374 g/mol. The van der Waals surface area contributed by atoms with Crippen molar-refractivity contribution in [3.05, 3.63) is 48.5 Å². The number of rotatable bonds is 3. The highest BCUT2D eigenvalue weighted by molar-refractivity contribution is 7.98. The number of halogens is 1. The number of fused-ring (bicyclic) bond motifs is 1. The maximum Gasteiger partial charge on any atom is 0.126 e. The normalized spacial score (nSPS) is 15.0. The van der Waals surface area contributed by atoms with Crippen LogP contribution in [-0.2, 0) is 0 Å². The van der Waals surface area contributed by atoms with Crippen LogP contribution < -0.4 is 10.2 Å². The smallest absolute Gasteiger partial charge is 0.126 e. The van der Waals surface area contributed by atoms with Crippen LogP contribution in [0, 0.1) is 0 Å². The first-order valence-electron chi connectivity index (χ1n) is 8.45. The average Bonchev–Trinajstić information content (AvgIpc) is 2.81. The fourth-order valence-electron chi connectivity index (χ4n) is 3.29. The van der Waals surface area contributed by atoms with Crippen molar-refractivity contribution in [2.75, 3.05) is 37.3 Å². The largest absolute Gasteiger partial charge is 0.370 e. The fraction of sp³-hybridized carbons (Fsp3) is 0.316. The van der Waals surface area contributed by atoms with Crippen LogP contribution in [0.1, 0.15) is 6.42 Å². The van der Waals surface area contributed by atoms with E-state index in [1.54, 1.807) is 11.8 Å². The molecule has 0 atom stereocenters. The van der Waals surface area contributed by atoms with Gasteiger partial charge >= 0.3 is 0 Å². The van der Waals surface area contributed by atoms with E-state index in [1.165, 1.54) is 23.0 Å². The molecular formula is C19H23ClN4S. The lowest BCUT2D eigenvalue weighted by atomic mass is 10.2. The molecule has 132 valence electrons. The van der Waals surface area contributed by atoms with Gasteiger partial charge in [0.15, 0.2) is 0 Å². The molecule has 1 N–H and O–H groups in total. The molecule has 0 amide bonds. The Labute approximate surface area is 159 Å². The van der Waals surface area contributed by atoms with Crippen molar-refractivity contribution in [2.24, 2.45) is 0 Å². The van der Waals surface area contributed by atoms with E-state index >= 15 is 0 Å². The SMILES string of the molecule is CSc1nn(-c2ccccc2)c2cc(N3CCCNCC3)ccc12.Cl. The predicted octanol–water partition coefficient (Wildman–Crippen LogP) is 3.97. The fourth-order valence-corrected chi connectivity index (χ4v) is 3.85. The summed E-state index contributed by atoms with van der Waals surface area (Å²) in [6.45, 7) is 4.32. The predicted molar refractivity (Wildman–Crippen MR) is 110 cm³/mol. The topological polar surface area (TPSA) is 33.1 Å². The summed E-state index contributed by atoms with van der Waals surface area (Å²) < 4.78 is 2.07. The number of benzene rings is 2. The van der Waals surface area contributed by atoms with E-state index < -0.39 is 0 Å². The van der Waals surface area contributed by atoms with E-state index in [-0.39, 0.29) is 12.4 Å². The van der Waals surface area contributed by atoms with Crippen LogP contribution >= 0.6 is 24.2 Å². The Morgan fingerprint density at radius 3 is 2.64 bits per heavy atom. The maximum absolute atomic E-state index is 4.83. The molecule has 0 bridgehead atoms. The summed E-state index contributed by atoms with van der Waals surface area (Å²) in [5.74, 6) is 0. The van der Waals surface area contributed by atoms with E-state index in [1.807, 2.05) is 6.07 Å². The van der Waals surface area contributed by atoms with E-state index in [0.717, 1.165) is 36.9 Å². The van der Waals surface area contributed by atoms with Crippen molar-refractivity contribution in [3.8, 4) is 5.69 Å². The van der Waals surface area contributed by atoms with Crippen LogP contribution in [0.2, 0.25) is 0 Å². The van der Waals surface area contributed by atoms with E-state index in [4.69, 9.17) is 5.10 Å². The number of nitrogens with one attached hydrogen (secondary N) is 1. The zero-order chi connectivity index (χ0) is 16.4. The lowest BCUT2D eigenvalue weighted by Crippen LogP contribution is -2.27. The second-order valence-electron chi connectivity index (χ2n) is 6.05. The Morgan fingerprint density at radius 1 is 1.00 bits per heavy atom. The summed E-state index contributed by atoms with van der Waals surface area (Å²) in [4.78, 5) is 2.47. The van der Waals surface area contributed by atoms with Crippen LogP contribution in [0.15, 0.2) is 53.6 Å². The maximum atomic E-state index is 4.83. The second kappa shape index (κ2) is 8.13. The first kappa shape index (κ1) is 18.1. The number of aromatic nitrogens is 2. The molecule has 0 unspecified atom stereocenters. The molecule has 0 saturated carbocycles. The number of nitrogens with zero attached hydrogens (tertiary/aromatic N) is 3. The molecule has 0 spiro atoms. The molecule has 2 heterocycles. The summed E-state index contributed by atoms with van der Waals surface area (Å²) in [6, 6.07) is 17.1. The Morgan fingerprint density at radius 2 is 1.84 bits per heavy atom. The second-order valence-corrected chi connectivity index (χ2v) is 6.84. The van der Waals surface area contributed by atoms with Gasteiger partial charge in [-0.25, -0.2) is 4.68 Å². The van der Waals surface area contributed by atoms with Crippen molar-refractivity contribution in [1.29, 1.82) is 0 Å².